The van der Waals surface area contributed by atoms with Crippen molar-refractivity contribution in [3.8, 4) is 5.75 Å². The van der Waals surface area contributed by atoms with Crippen molar-refractivity contribution in [3.05, 3.63) is 64.3 Å². The molecule has 0 aliphatic heterocycles. The fraction of sp³-hybridized carbons (Fsp3) is 0.158. The van der Waals surface area contributed by atoms with Crippen LogP contribution in [0.5, 0.6) is 5.75 Å². The van der Waals surface area contributed by atoms with E-state index in [0.717, 1.165) is 16.5 Å². The predicted octanol–water partition coefficient (Wildman–Crippen LogP) is 4.77. The molecule has 1 amide bonds. The molecule has 1 N–H and O–H groups in total. The fourth-order valence-electron chi connectivity index (χ4n) is 2.54. The van der Waals surface area contributed by atoms with E-state index in [4.69, 9.17) is 16.3 Å². The molecule has 0 spiro atoms. The van der Waals surface area contributed by atoms with Gasteiger partial charge < -0.3 is 10.1 Å². The largest absolute Gasteiger partial charge is 0.497 e. The number of pyridine rings is 1. The number of hydrogen-bond donors (Lipinski definition) is 1. The minimum absolute atomic E-state index is 0.251. The highest BCUT2D eigenvalue weighted by molar-refractivity contribution is 6.34. The van der Waals surface area contributed by atoms with Gasteiger partial charge in [-0.15, -0.1) is 0 Å². The molecule has 2 aromatic carbocycles. The zero-order chi connectivity index (χ0) is 17.3. The lowest BCUT2D eigenvalue weighted by molar-refractivity contribution is 0.102. The zero-order valence-electron chi connectivity index (χ0n) is 13.7. The van der Waals surface area contributed by atoms with E-state index < -0.39 is 0 Å². The minimum Gasteiger partial charge on any atom is -0.497 e. The third kappa shape index (κ3) is 3.19. The minimum atomic E-state index is -0.251. The van der Waals surface area contributed by atoms with E-state index in [0.29, 0.717) is 27.7 Å². The Morgan fingerprint density at radius 2 is 1.92 bits per heavy atom. The van der Waals surface area contributed by atoms with Crippen LogP contribution in [0.25, 0.3) is 10.9 Å². The van der Waals surface area contributed by atoms with Gasteiger partial charge in [-0.3, -0.25) is 9.78 Å². The van der Waals surface area contributed by atoms with Crippen LogP contribution >= 0.6 is 11.6 Å². The number of hydrogen-bond acceptors (Lipinski definition) is 3. The molecule has 0 atom stereocenters. The maximum atomic E-state index is 12.7. The quantitative estimate of drug-likeness (QED) is 0.747. The summed E-state index contributed by atoms with van der Waals surface area (Å²) >= 11 is 6.15. The van der Waals surface area contributed by atoms with Crippen LogP contribution in [-0.4, -0.2) is 18.0 Å². The summed E-state index contributed by atoms with van der Waals surface area (Å²) in [5.74, 6) is 0.372. The lowest BCUT2D eigenvalue weighted by Gasteiger charge is -2.11. The van der Waals surface area contributed by atoms with Crippen LogP contribution in [0.15, 0.2) is 42.5 Å². The standard InChI is InChI=1S/C19H17ClN2O2/c1-11-4-7-17-13(8-11)9-15(12(2)21-17)19(23)22-18-10-14(24-3)5-6-16(18)20/h4-10H,1-3H3,(H,22,23). The molecule has 5 heteroatoms. The first-order valence-corrected chi connectivity index (χ1v) is 7.88. The lowest BCUT2D eigenvalue weighted by atomic mass is 10.1. The summed E-state index contributed by atoms with van der Waals surface area (Å²) in [6.45, 7) is 3.83. The summed E-state index contributed by atoms with van der Waals surface area (Å²) in [7, 11) is 1.56. The van der Waals surface area contributed by atoms with Crippen LogP contribution in [0.1, 0.15) is 21.6 Å². The van der Waals surface area contributed by atoms with Crippen molar-refractivity contribution in [2.45, 2.75) is 13.8 Å². The Hall–Kier alpha value is -2.59. The van der Waals surface area contributed by atoms with E-state index >= 15 is 0 Å². The zero-order valence-corrected chi connectivity index (χ0v) is 14.4. The van der Waals surface area contributed by atoms with E-state index in [1.165, 1.54) is 0 Å². The molecule has 0 saturated carbocycles. The normalized spacial score (nSPS) is 10.7. The predicted molar refractivity (Wildman–Crippen MR) is 97.2 cm³/mol. The maximum absolute atomic E-state index is 12.7. The summed E-state index contributed by atoms with van der Waals surface area (Å²) in [5.41, 5.74) is 3.68. The van der Waals surface area contributed by atoms with Crippen molar-refractivity contribution in [1.82, 2.24) is 4.98 Å². The SMILES string of the molecule is COc1ccc(Cl)c(NC(=O)c2cc3cc(C)ccc3nc2C)c1. The second kappa shape index (κ2) is 6.49. The molecule has 0 aliphatic rings. The highest BCUT2D eigenvalue weighted by atomic mass is 35.5. The summed E-state index contributed by atoms with van der Waals surface area (Å²) in [4.78, 5) is 17.2. The molecule has 1 aromatic heterocycles. The molecule has 4 nitrogen and oxygen atoms in total. The number of halogens is 1. The van der Waals surface area contributed by atoms with E-state index in [1.807, 2.05) is 38.1 Å². The summed E-state index contributed by atoms with van der Waals surface area (Å²) in [6.07, 6.45) is 0. The van der Waals surface area contributed by atoms with Gasteiger partial charge in [0.15, 0.2) is 0 Å². The third-order valence-electron chi connectivity index (χ3n) is 3.83. The van der Waals surface area contributed by atoms with Gasteiger partial charge in [-0.05, 0) is 44.2 Å². The molecular formula is C19H17ClN2O2. The average molecular weight is 341 g/mol. The molecule has 3 rings (SSSR count). The number of anilines is 1. The molecule has 0 aliphatic carbocycles. The first-order valence-electron chi connectivity index (χ1n) is 7.51. The Balaban J connectivity index is 1.98. The molecule has 1 heterocycles. The van der Waals surface area contributed by atoms with Crippen molar-refractivity contribution in [2.75, 3.05) is 12.4 Å². The number of methoxy groups -OCH3 is 1. The highest BCUT2D eigenvalue weighted by Gasteiger charge is 2.14. The Kier molecular flexibility index (Phi) is 4.40. The first-order chi connectivity index (χ1) is 11.5. The number of benzene rings is 2. The number of carbonyl (C=O) groups excluding carboxylic acids is 1. The number of aryl methyl sites for hydroxylation is 2. The topological polar surface area (TPSA) is 51.2 Å². The van der Waals surface area contributed by atoms with Gasteiger partial charge in [0.2, 0.25) is 0 Å². The molecule has 0 saturated heterocycles. The van der Waals surface area contributed by atoms with Gasteiger partial charge in [-0.2, -0.15) is 0 Å². The van der Waals surface area contributed by atoms with Crippen molar-refractivity contribution in [1.29, 1.82) is 0 Å². The van der Waals surface area contributed by atoms with Gasteiger partial charge in [0.25, 0.3) is 5.91 Å². The monoisotopic (exact) mass is 340 g/mol. The average Bonchev–Trinajstić information content (AvgIpc) is 2.56. The maximum Gasteiger partial charge on any atom is 0.257 e. The Morgan fingerprint density at radius 3 is 2.67 bits per heavy atom. The van der Waals surface area contributed by atoms with Gasteiger partial charge in [0.05, 0.1) is 34.6 Å². The number of aromatic nitrogens is 1. The Bertz CT molecular complexity index is 938. The summed E-state index contributed by atoms with van der Waals surface area (Å²) < 4.78 is 5.17. The number of carbonyl (C=O) groups is 1. The van der Waals surface area contributed by atoms with Gasteiger partial charge in [-0.1, -0.05) is 23.2 Å². The Labute approximate surface area is 145 Å². The fourth-order valence-corrected chi connectivity index (χ4v) is 2.70. The number of fused-ring (bicyclic) bond motifs is 1. The second-order valence-corrected chi connectivity index (χ2v) is 6.02. The number of rotatable bonds is 3. The molecule has 0 bridgehead atoms. The van der Waals surface area contributed by atoms with E-state index in [1.54, 1.807) is 25.3 Å². The number of nitrogens with zero attached hydrogens (tertiary/aromatic N) is 1. The van der Waals surface area contributed by atoms with E-state index in [-0.39, 0.29) is 5.91 Å². The van der Waals surface area contributed by atoms with Crippen LogP contribution in [0.4, 0.5) is 5.69 Å². The number of nitrogens with one attached hydrogen (secondary N) is 1. The number of amides is 1. The first kappa shape index (κ1) is 16.3. The van der Waals surface area contributed by atoms with Gasteiger partial charge in [0.1, 0.15) is 5.75 Å². The van der Waals surface area contributed by atoms with Crippen LogP contribution < -0.4 is 10.1 Å². The highest BCUT2D eigenvalue weighted by Crippen LogP contribution is 2.27. The Morgan fingerprint density at radius 1 is 1.12 bits per heavy atom. The van der Waals surface area contributed by atoms with Crippen LogP contribution in [0.2, 0.25) is 5.02 Å². The second-order valence-electron chi connectivity index (χ2n) is 5.62. The smallest absolute Gasteiger partial charge is 0.257 e. The van der Waals surface area contributed by atoms with Crippen molar-refractivity contribution in [2.24, 2.45) is 0 Å². The number of ether oxygens (including phenoxy) is 1. The van der Waals surface area contributed by atoms with Crippen molar-refractivity contribution >= 4 is 34.1 Å². The molecule has 3 aromatic rings. The summed E-state index contributed by atoms with van der Waals surface area (Å²) in [5, 5.41) is 4.21. The molecular weight excluding hydrogens is 324 g/mol. The third-order valence-corrected chi connectivity index (χ3v) is 4.16. The van der Waals surface area contributed by atoms with Gasteiger partial charge in [-0.25, -0.2) is 0 Å². The van der Waals surface area contributed by atoms with E-state index in [2.05, 4.69) is 10.3 Å². The molecule has 122 valence electrons. The summed E-state index contributed by atoms with van der Waals surface area (Å²) in [6, 6.07) is 12.9. The molecule has 0 unspecified atom stereocenters. The molecule has 24 heavy (non-hydrogen) atoms. The molecule has 0 radical (unpaired) electrons. The van der Waals surface area contributed by atoms with Crippen LogP contribution in [-0.2, 0) is 0 Å². The van der Waals surface area contributed by atoms with E-state index in [9.17, 15) is 4.79 Å². The van der Waals surface area contributed by atoms with Crippen LogP contribution in [0.3, 0.4) is 0 Å². The lowest BCUT2D eigenvalue weighted by Crippen LogP contribution is -2.14. The van der Waals surface area contributed by atoms with Crippen molar-refractivity contribution in [3.63, 3.8) is 0 Å². The molecule has 0 fully saturated rings. The van der Waals surface area contributed by atoms with Gasteiger partial charge >= 0.3 is 0 Å². The van der Waals surface area contributed by atoms with Crippen LogP contribution in [0, 0.1) is 13.8 Å². The van der Waals surface area contributed by atoms with Crippen molar-refractivity contribution < 1.29 is 9.53 Å². The van der Waals surface area contributed by atoms with Gasteiger partial charge in [0, 0.05) is 11.5 Å².